The zero-order chi connectivity index (χ0) is 23.7. The minimum Gasteiger partial charge on any atom is -0.343 e. The molecule has 1 aliphatic heterocycles. The highest BCUT2D eigenvalue weighted by atomic mass is 19.4. The number of hydrogen-bond acceptors (Lipinski definition) is 2. The van der Waals surface area contributed by atoms with Crippen LogP contribution in [-0.2, 0) is 17.4 Å². The summed E-state index contributed by atoms with van der Waals surface area (Å²) >= 11 is 0. The number of hydrogen-bond donors (Lipinski definition) is 0. The number of fused-ring (bicyclic) bond motifs is 1. The van der Waals surface area contributed by atoms with Crippen LogP contribution in [0.25, 0.3) is 28.0 Å². The molecule has 2 aromatic heterocycles. The van der Waals surface area contributed by atoms with Crippen molar-refractivity contribution in [2.45, 2.75) is 31.9 Å². The van der Waals surface area contributed by atoms with Gasteiger partial charge in [0.2, 0.25) is 5.91 Å². The third-order valence-electron chi connectivity index (χ3n) is 6.32. The lowest BCUT2D eigenvalue weighted by Gasteiger charge is -2.15. The van der Waals surface area contributed by atoms with E-state index in [2.05, 4.69) is 0 Å². The third-order valence-corrected chi connectivity index (χ3v) is 6.32. The van der Waals surface area contributed by atoms with Gasteiger partial charge in [0.05, 0.1) is 17.0 Å². The number of pyridine rings is 1. The van der Waals surface area contributed by atoms with Crippen molar-refractivity contribution in [2.75, 3.05) is 13.1 Å². The highest BCUT2D eigenvalue weighted by Gasteiger charge is 2.30. The Hall–Kier alpha value is -3.61. The quantitative estimate of drug-likeness (QED) is 0.351. The summed E-state index contributed by atoms with van der Waals surface area (Å²) in [4.78, 5) is 19.4. The molecular weight excluding hydrogens is 439 g/mol. The number of rotatable bonds is 5. The van der Waals surface area contributed by atoms with Gasteiger partial charge in [-0.15, -0.1) is 0 Å². The molecular formula is C27H24F3N3O. The summed E-state index contributed by atoms with van der Waals surface area (Å²) in [5, 5.41) is 0. The monoisotopic (exact) mass is 463 g/mol. The van der Waals surface area contributed by atoms with Crippen LogP contribution in [0.3, 0.4) is 0 Å². The van der Waals surface area contributed by atoms with Crippen LogP contribution in [0.5, 0.6) is 0 Å². The van der Waals surface area contributed by atoms with Crippen LogP contribution >= 0.6 is 0 Å². The highest BCUT2D eigenvalue weighted by Crippen LogP contribution is 2.33. The van der Waals surface area contributed by atoms with Gasteiger partial charge in [-0.25, -0.2) is 4.98 Å². The van der Waals surface area contributed by atoms with Gasteiger partial charge in [-0.3, -0.25) is 4.79 Å². The van der Waals surface area contributed by atoms with Crippen molar-refractivity contribution < 1.29 is 18.0 Å². The molecule has 0 atom stereocenters. The summed E-state index contributed by atoms with van der Waals surface area (Å²) in [6.45, 7) is 1.61. The first-order valence-corrected chi connectivity index (χ1v) is 11.4. The molecule has 1 aliphatic rings. The molecule has 174 valence electrons. The number of alkyl halides is 3. The van der Waals surface area contributed by atoms with E-state index in [4.69, 9.17) is 4.98 Å². The Morgan fingerprint density at radius 2 is 1.62 bits per heavy atom. The van der Waals surface area contributed by atoms with E-state index in [1.165, 1.54) is 6.07 Å². The van der Waals surface area contributed by atoms with Crippen molar-refractivity contribution in [3.05, 3.63) is 84.2 Å². The average molecular weight is 464 g/mol. The number of carbonyl (C=O) groups is 1. The molecule has 0 spiro atoms. The topological polar surface area (TPSA) is 37.6 Å². The zero-order valence-corrected chi connectivity index (χ0v) is 18.6. The van der Waals surface area contributed by atoms with Crippen LogP contribution in [-0.4, -0.2) is 33.3 Å². The minimum absolute atomic E-state index is 0.125. The number of carbonyl (C=O) groups excluding carboxylic acids is 1. The summed E-state index contributed by atoms with van der Waals surface area (Å²) in [5.41, 5.74) is 3.75. The predicted octanol–water partition coefficient (Wildman–Crippen LogP) is 6.24. The smallest absolute Gasteiger partial charge is 0.343 e. The number of amides is 1. The Bertz CT molecular complexity index is 1320. The molecule has 1 amide bonds. The number of benzene rings is 2. The van der Waals surface area contributed by atoms with Gasteiger partial charge >= 0.3 is 6.18 Å². The second-order valence-electron chi connectivity index (χ2n) is 8.59. The average Bonchev–Trinajstić information content (AvgIpc) is 3.51. The fourth-order valence-electron chi connectivity index (χ4n) is 4.56. The van der Waals surface area contributed by atoms with Gasteiger partial charge in [-0.05, 0) is 54.7 Å². The van der Waals surface area contributed by atoms with Crippen molar-refractivity contribution >= 4 is 11.6 Å². The Morgan fingerprint density at radius 1 is 0.882 bits per heavy atom. The summed E-state index contributed by atoms with van der Waals surface area (Å²) in [6.07, 6.45) is 0.346. The Balaban J connectivity index is 1.56. The zero-order valence-electron chi connectivity index (χ0n) is 18.6. The molecule has 3 heterocycles. The first-order chi connectivity index (χ1) is 16.4. The van der Waals surface area contributed by atoms with Gasteiger partial charge < -0.3 is 9.30 Å². The second kappa shape index (κ2) is 8.97. The van der Waals surface area contributed by atoms with E-state index in [9.17, 15) is 18.0 Å². The third kappa shape index (κ3) is 4.42. The van der Waals surface area contributed by atoms with Crippen LogP contribution in [0.2, 0.25) is 0 Å². The summed E-state index contributed by atoms with van der Waals surface area (Å²) in [6, 6.07) is 18.7. The number of aryl methyl sites for hydroxylation is 1. The second-order valence-corrected chi connectivity index (χ2v) is 8.59. The number of imidazole rings is 1. The first-order valence-electron chi connectivity index (χ1n) is 11.4. The molecule has 1 fully saturated rings. The molecule has 34 heavy (non-hydrogen) atoms. The Morgan fingerprint density at radius 3 is 2.35 bits per heavy atom. The SMILES string of the molecule is O=C(CCc1c(-c2ccccc2)nc2ccc(-c3cccc(C(F)(F)F)c3)cn12)N1CCCC1. The number of halogens is 3. The van der Waals surface area contributed by atoms with Crippen molar-refractivity contribution in [1.29, 1.82) is 0 Å². The van der Waals surface area contributed by atoms with E-state index in [0.717, 1.165) is 55.0 Å². The van der Waals surface area contributed by atoms with Crippen molar-refractivity contribution in [3.8, 4) is 22.4 Å². The number of likely N-dealkylation sites (tertiary alicyclic amines) is 1. The summed E-state index contributed by atoms with van der Waals surface area (Å²) in [7, 11) is 0. The van der Waals surface area contributed by atoms with Crippen molar-refractivity contribution in [2.24, 2.45) is 0 Å². The van der Waals surface area contributed by atoms with Crippen LogP contribution in [0.4, 0.5) is 13.2 Å². The van der Waals surface area contributed by atoms with Gasteiger partial charge in [0.1, 0.15) is 5.65 Å². The maximum atomic E-state index is 13.2. The summed E-state index contributed by atoms with van der Waals surface area (Å²) in [5.74, 6) is 0.125. The fourth-order valence-corrected chi connectivity index (χ4v) is 4.56. The van der Waals surface area contributed by atoms with Gasteiger partial charge in [-0.2, -0.15) is 13.2 Å². The number of aromatic nitrogens is 2. The van der Waals surface area contributed by atoms with Crippen LogP contribution in [0.1, 0.15) is 30.5 Å². The van der Waals surface area contributed by atoms with Crippen LogP contribution < -0.4 is 0 Å². The maximum Gasteiger partial charge on any atom is 0.416 e. The minimum atomic E-state index is -4.41. The molecule has 2 aromatic carbocycles. The molecule has 0 saturated carbocycles. The van der Waals surface area contributed by atoms with Crippen molar-refractivity contribution in [1.82, 2.24) is 14.3 Å². The molecule has 0 aliphatic carbocycles. The lowest BCUT2D eigenvalue weighted by molar-refractivity contribution is -0.137. The van der Waals surface area contributed by atoms with E-state index in [1.54, 1.807) is 12.1 Å². The van der Waals surface area contributed by atoms with E-state index in [0.29, 0.717) is 29.6 Å². The molecule has 0 N–H and O–H groups in total. The van der Waals surface area contributed by atoms with Crippen molar-refractivity contribution in [3.63, 3.8) is 0 Å². The fraction of sp³-hybridized carbons (Fsp3) is 0.259. The van der Waals surface area contributed by atoms with Crippen LogP contribution in [0.15, 0.2) is 72.9 Å². The molecule has 7 heteroatoms. The van der Waals surface area contributed by atoms with Gasteiger partial charge in [0.15, 0.2) is 0 Å². The number of nitrogens with zero attached hydrogens (tertiary/aromatic N) is 3. The normalized spacial score (nSPS) is 14.1. The molecule has 5 rings (SSSR count). The lowest BCUT2D eigenvalue weighted by atomic mass is 10.0. The maximum absolute atomic E-state index is 13.2. The molecule has 4 aromatic rings. The van der Waals surface area contributed by atoms with E-state index in [1.807, 2.05) is 51.9 Å². The van der Waals surface area contributed by atoms with Gasteiger partial charge in [0, 0.05) is 31.3 Å². The molecule has 4 nitrogen and oxygen atoms in total. The predicted molar refractivity (Wildman–Crippen MR) is 125 cm³/mol. The first kappa shape index (κ1) is 22.2. The van der Waals surface area contributed by atoms with E-state index in [-0.39, 0.29) is 5.91 Å². The molecule has 0 unspecified atom stereocenters. The lowest BCUT2D eigenvalue weighted by Crippen LogP contribution is -2.27. The summed E-state index contributed by atoms with van der Waals surface area (Å²) < 4.78 is 41.6. The highest BCUT2D eigenvalue weighted by molar-refractivity contribution is 5.77. The van der Waals surface area contributed by atoms with Crippen LogP contribution in [0, 0.1) is 0 Å². The van der Waals surface area contributed by atoms with Gasteiger partial charge in [0.25, 0.3) is 0 Å². The van der Waals surface area contributed by atoms with E-state index >= 15 is 0 Å². The largest absolute Gasteiger partial charge is 0.416 e. The standard InChI is InChI=1S/C27H24F3N3O/c28-27(29,30)22-10-6-9-20(17-22)21-11-13-24-31-26(19-7-2-1-3-8-19)23(33(24)18-21)12-14-25(34)32-15-4-5-16-32/h1-3,6-11,13,17-18H,4-5,12,14-16H2. The molecule has 0 radical (unpaired) electrons. The van der Waals surface area contributed by atoms with Gasteiger partial charge in [-0.1, -0.05) is 42.5 Å². The Labute approximate surface area is 195 Å². The molecule has 0 bridgehead atoms. The Kier molecular flexibility index (Phi) is 5.86. The molecule has 1 saturated heterocycles. The van der Waals surface area contributed by atoms with E-state index < -0.39 is 11.7 Å².